The molecule has 0 unspecified atom stereocenters. The molecule has 0 bridgehead atoms. The van der Waals surface area contributed by atoms with Crippen LogP contribution in [0.3, 0.4) is 0 Å². The molecule has 0 heterocycles. The Kier molecular flexibility index (Phi) is 6.87. The van der Waals surface area contributed by atoms with Crippen LogP contribution in [0.25, 0.3) is 0 Å². The normalized spacial score (nSPS) is 11.2. The molecule has 9 heteroatoms. The largest absolute Gasteiger partial charge is 0.463 e. The SMILES string of the molecule is CCOC(=O)C(F)(C(=O)c1ccc(Cl)cc1Cl)C(=O)c1ccc(Cl)cc1Cl. The summed E-state index contributed by atoms with van der Waals surface area (Å²) in [6, 6.07) is 7.12. The molecule has 0 aliphatic heterocycles. The lowest BCUT2D eigenvalue weighted by Gasteiger charge is -2.22. The molecule has 0 N–H and O–H groups in total. The molecule has 0 aliphatic rings. The molecule has 2 aromatic carbocycles. The Balaban J connectivity index is 2.63. The van der Waals surface area contributed by atoms with E-state index in [1.807, 2.05) is 0 Å². The zero-order valence-electron chi connectivity index (χ0n) is 13.7. The highest BCUT2D eigenvalue weighted by Crippen LogP contribution is 2.32. The Morgan fingerprint density at radius 1 is 0.889 bits per heavy atom. The van der Waals surface area contributed by atoms with Gasteiger partial charge < -0.3 is 4.74 Å². The van der Waals surface area contributed by atoms with Crippen molar-refractivity contribution in [3.8, 4) is 0 Å². The molecule has 27 heavy (non-hydrogen) atoms. The minimum Gasteiger partial charge on any atom is -0.463 e. The third kappa shape index (κ3) is 4.27. The number of carbonyl (C=O) groups excluding carboxylic acids is 3. The number of Topliss-reactive ketones (excluding diaryl/α,β-unsaturated/α-hetero) is 2. The van der Waals surface area contributed by atoms with E-state index in [0.29, 0.717) is 0 Å². The van der Waals surface area contributed by atoms with Gasteiger partial charge in [-0.25, -0.2) is 9.18 Å². The number of esters is 1. The molecule has 2 rings (SSSR count). The summed E-state index contributed by atoms with van der Waals surface area (Å²) >= 11 is 23.4. The van der Waals surface area contributed by atoms with E-state index in [-0.39, 0.29) is 26.7 Å². The van der Waals surface area contributed by atoms with Gasteiger partial charge in [0, 0.05) is 21.2 Å². The Bertz CT molecular complexity index is 866. The molecule has 0 radical (unpaired) electrons. The molecule has 0 saturated heterocycles. The summed E-state index contributed by atoms with van der Waals surface area (Å²) in [4.78, 5) is 37.9. The Hall–Kier alpha value is -1.66. The van der Waals surface area contributed by atoms with Crippen molar-refractivity contribution in [2.45, 2.75) is 12.6 Å². The van der Waals surface area contributed by atoms with Crippen LogP contribution >= 0.6 is 46.4 Å². The van der Waals surface area contributed by atoms with Crippen LogP contribution in [0.1, 0.15) is 27.6 Å². The van der Waals surface area contributed by atoms with Crippen LogP contribution in [0.2, 0.25) is 20.1 Å². The van der Waals surface area contributed by atoms with Gasteiger partial charge in [0.1, 0.15) is 0 Å². The fraction of sp³-hybridized carbons (Fsp3) is 0.167. The van der Waals surface area contributed by atoms with E-state index in [4.69, 9.17) is 46.4 Å². The van der Waals surface area contributed by atoms with Gasteiger partial charge in [-0.2, -0.15) is 0 Å². The van der Waals surface area contributed by atoms with Gasteiger partial charge in [-0.05, 0) is 43.3 Å². The zero-order valence-corrected chi connectivity index (χ0v) is 16.7. The van der Waals surface area contributed by atoms with Crippen LogP contribution < -0.4 is 0 Å². The molecular formula is C18H11Cl4FO4. The third-order valence-corrected chi connectivity index (χ3v) is 4.63. The minimum atomic E-state index is -3.69. The van der Waals surface area contributed by atoms with Gasteiger partial charge in [0.2, 0.25) is 11.6 Å². The quantitative estimate of drug-likeness (QED) is 0.324. The first-order valence-corrected chi connectivity index (χ1v) is 9.00. The highest BCUT2D eigenvalue weighted by atomic mass is 35.5. The Labute approximate surface area is 174 Å². The monoisotopic (exact) mass is 450 g/mol. The van der Waals surface area contributed by atoms with Crippen molar-refractivity contribution in [3.05, 3.63) is 67.6 Å². The topological polar surface area (TPSA) is 60.4 Å². The maximum absolute atomic E-state index is 15.7. The van der Waals surface area contributed by atoms with Crippen LogP contribution in [-0.2, 0) is 9.53 Å². The molecule has 0 aromatic heterocycles. The van der Waals surface area contributed by atoms with Gasteiger partial charge in [0.25, 0.3) is 0 Å². The molecule has 0 saturated carbocycles. The molecule has 0 atom stereocenters. The predicted molar refractivity (Wildman–Crippen MR) is 102 cm³/mol. The fourth-order valence-electron chi connectivity index (χ4n) is 2.24. The second-order valence-electron chi connectivity index (χ2n) is 5.29. The first kappa shape index (κ1) is 21.6. The van der Waals surface area contributed by atoms with Gasteiger partial charge in [-0.1, -0.05) is 46.4 Å². The van der Waals surface area contributed by atoms with Crippen LogP contribution in [-0.4, -0.2) is 29.8 Å². The van der Waals surface area contributed by atoms with Crippen molar-refractivity contribution in [2.24, 2.45) is 0 Å². The maximum Gasteiger partial charge on any atom is 0.360 e. The second kappa shape index (κ2) is 8.57. The average molecular weight is 452 g/mol. The number of ketones is 2. The van der Waals surface area contributed by atoms with Crippen molar-refractivity contribution < 1.29 is 23.5 Å². The number of benzene rings is 2. The van der Waals surface area contributed by atoms with Gasteiger partial charge in [-0.15, -0.1) is 0 Å². The summed E-state index contributed by atoms with van der Waals surface area (Å²) < 4.78 is 20.4. The van der Waals surface area contributed by atoms with Crippen LogP contribution in [0.15, 0.2) is 36.4 Å². The first-order chi connectivity index (χ1) is 12.6. The van der Waals surface area contributed by atoms with E-state index in [1.54, 1.807) is 0 Å². The Morgan fingerprint density at radius 3 is 1.63 bits per heavy atom. The lowest BCUT2D eigenvalue weighted by molar-refractivity contribution is -0.150. The molecule has 0 fully saturated rings. The van der Waals surface area contributed by atoms with E-state index < -0.39 is 34.3 Å². The van der Waals surface area contributed by atoms with Crippen molar-refractivity contribution in [1.82, 2.24) is 0 Å². The standard InChI is InChI=1S/C18H11Cl4FO4/c1-2-27-17(26)18(23,15(24)11-5-3-9(19)7-13(11)21)16(25)12-6-4-10(20)8-14(12)22/h3-8H,2H2,1H3. The average Bonchev–Trinajstić information content (AvgIpc) is 2.60. The van der Waals surface area contributed by atoms with Crippen molar-refractivity contribution in [1.29, 1.82) is 0 Å². The van der Waals surface area contributed by atoms with Gasteiger partial charge in [0.15, 0.2) is 0 Å². The molecular weight excluding hydrogens is 441 g/mol. The molecule has 142 valence electrons. The summed E-state index contributed by atoms with van der Waals surface area (Å²) in [7, 11) is 0. The summed E-state index contributed by atoms with van der Waals surface area (Å²) in [5, 5.41) is -0.0870. The zero-order chi connectivity index (χ0) is 20.4. The number of alkyl halides is 1. The number of rotatable bonds is 6. The molecule has 4 nitrogen and oxygen atoms in total. The summed E-state index contributed by atoms with van der Waals surface area (Å²) in [5.41, 5.74) is -4.50. The Morgan fingerprint density at radius 2 is 1.30 bits per heavy atom. The van der Waals surface area contributed by atoms with Crippen LogP contribution in [0.4, 0.5) is 4.39 Å². The number of halogens is 5. The number of carbonyl (C=O) groups is 3. The predicted octanol–water partition coefficient (Wildman–Crippen LogP) is 5.64. The highest BCUT2D eigenvalue weighted by Gasteiger charge is 2.56. The van der Waals surface area contributed by atoms with E-state index in [1.165, 1.54) is 31.2 Å². The van der Waals surface area contributed by atoms with E-state index in [2.05, 4.69) is 4.74 Å². The molecule has 0 amide bonds. The lowest BCUT2D eigenvalue weighted by atomic mass is 9.87. The maximum atomic E-state index is 15.7. The van der Waals surface area contributed by atoms with Crippen LogP contribution in [0, 0.1) is 0 Å². The molecule has 0 aliphatic carbocycles. The van der Waals surface area contributed by atoms with Gasteiger partial charge >= 0.3 is 11.6 Å². The minimum absolute atomic E-state index is 0.184. The smallest absolute Gasteiger partial charge is 0.360 e. The number of hydrogen-bond donors (Lipinski definition) is 0. The first-order valence-electron chi connectivity index (χ1n) is 7.48. The summed E-state index contributed by atoms with van der Waals surface area (Å²) in [5.74, 6) is -4.64. The summed E-state index contributed by atoms with van der Waals surface area (Å²) in [6.07, 6.45) is 0. The van der Waals surface area contributed by atoms with Crippen molar-refractivity contribution in [3.63, 3.8) is 0 Å². The molecule has 2 aromatic rings. The fourth-order valence-corrected chi connectivity index (χ4v) is 3.23. The third-order valence-electron chi connectivity index (χ3n) is 3.53. The second-order valence-corrected chi connectivity index (χ2v) is 6.97. The van der Waals surface area contributed by atoms with E-state index >= 15 is 4.39 Å². The van der Waals surface area contributed by atoms with Crippen LogP contribution in [0.5, 0.6) is 0 Å². The van der Waals surface area contributed by atoms with Crippen molar-refractivity contribution >= 4 is 63.9 Å². The summed E-state index contributed by atoms with van der Waals surface area (Å²) in [6.45, 7) is 1.14. The number of ether oxygens (including phenoxy) is 1. The van der Waals surface area contributed by atoms with Crippen molar-refractivity contribution in [2.75, 3.05) is 6.61 Å². The van der Waals surface area contributed by atoms with E-state index in [9.17, 15) is 14.4 Å². The van der Waals surface area contributed by atoms with E-state index in [0.717, 1.165) is 12.1 Å². The highest BCUT2D eigenvalue weighted by molar-refractivity contribution is 6.43. The van der Waals surface area contributed by atoms with Gasteiger partial charge in [-0.3, -0.25) is 9.59 Å². The molecule has 0 spiro atoms. The van der Waals surface area contributed by atoms with Gasteiger partial charge in [0.05, 0.1) is 16.7 Å². The number of hydrogen-bond acceptors (Lipinski definition) is 4. The lowest BCUT2D eigenvalue weighted by Crippen LogP contribution is -2.51.